The van der Waals surface area contributed by atoms with Crippen LogP contribution in [0.2, 0.25) is 0 Å². The number of sulfonamides is 1. The molecule has 8 nitrogen and oxygen atoms in total. The summed E-state index contributed by atoms with van der Waals surface area (Å²) in [4.78, 5) is 4.19. The quantitative estimate of drug-likeness (QED) is 0.374. The molecule has 166 valence electrons. The molecule has 1 aliphatic rings. The monoisotopic (exact) mass is 435 g/mol. The molecule has 1 aromatic carbocycles. The van der Waals surface area contributed by atoms with Gasteiger partial charge in [-0.2, -0.15) is 4.31 Å². The third kappa shape index (κ3) is 5.96. The van der Waals surface area contributed by atoms with Crippen LogP contribution in [0, 0.1) is 0 Å². The van der Waals surface area contributed by atoms with E-state index in [9.17, 15) is 8.42 Å². The molecule has 1 fully saturated rings. The van der Waals surface area contributed by atoms with Gasteiger partial charge in [0.05, 0.1) is 18.0 Å². The molecule has 0 amide bonds. The molecule has 2 atom stereocenters. The van der Waals surface area contributed by atoms with Crippen LogP contribution in [0.1, 0.15) is 20.3 Å². The highest BCUT2D eigenvalue weighted by Crippen LogP contribution is 2.15. The van der Waals surface area contributed by atoms with Crippen LogP contribution in [0.4, 0.5) is 0 Å². The Balaban J connectivity index is 1.39. The van der Waals surface area contributed by atoms with E-state index in [0.717, 1.165) is 19.5 Å². The van der Waals surface area contributed by atoms with Crippen molar-refractivity contribution in [3.8, 4) is 0 Å². The fourth-order valence-corrected chi connectivity index (χ4v) is 5.29. The zero-order chi connectivity index (χ0) is 21.6. The summed E-state index contributed by atoms with van der Waals surface area (Å²) in [6, 6.07) is 10.5. The van der Waals surface area contributed by atoms with Crippen LogP contribution in [0.25, 0.3) is 10.9 Å². The van der Waals surface area contributed by atoms with E-state index >= 15 is 0 Å². The molecule has 0 spiro atoms. The minimum absolute atomic E-state index is 0.0303. The average Bonchev–Trinajstić information content (AvgIpc) is 3.12. The van der Waals surface area contributed by atoms with Gasteiger partial charge >= 0.3 is 0 Å². The highest BCUT2D eigenvalue weighted by molar-refractivity contribution is 7.89. The average molecular weight is 436 g/mol. The molecule has 2 N–H and O–H groups in total. The van der Waals surface area contributed by atoms with Gasteiger partial charge < -0.3 is 19.9 Å². The Bertz CT molecular complexity index is 946. The first-order valence-electron chi connectivity index (χ1n) is 10.5. The molecule has 1 aliphatic heterocycles. The van der Waals surface area contributed by atoms with Gasteiger partial charge in [0.2, 0.25) is 10.0 Å². The van der Waals surface area contributed by atoms with Gasteiger partial charge in [-0.05, 0) is 37.8 Å². The van der Waals surface area contributed by atoms with Crippen molar-refractivity contribution in [2.45, 2.75) is 39.0 Å². The van der Waals surface area contributed by atoms with E-state index in [1.54, 1.807) is 7.05 Å². The van der Waals surface area contributed by atoms with Crippen LogP contribution in [-0.4, -0.2) is 74.4 Å². The highest BCUT2D eigenvalue weighted by Gasteiger charge is 2.30. The van der Waals surface area contributed by atoms with Crippen LogP contribution in [-0.2, 0) is 21.3 Å². The van der Waals surface area contributed by atoms with E-state index in [1.165, 1.54) is 15.2 Å². The van der Waals surface area contributed by atoms with Crippen molar-refractivity contribution in [1.82, 2.24) is 19.5 Å². The molecule has 1 aromatic heterocycles. The van der Waals surface area contributed by atoms with Gasteiger partial charge in [-0.3, -0.25) is 4.99 Å². The topological polar surface area (TPSA) is 88.0 Å². The lowest BCUT2D eigenvalue weighted by Gasteiger charge is -2.34. The number of guanidine groups is 1. The third-order valence-corrected chi connectivity index (χ3v) is 7.01. The highest BCUT2D eigenvalue weighted by atomic mass is 32.2. The largest absolute Gasteiger partial charge is 0.373 e. The van der Waals surface area contributed by atoms with E-state index in [4.69, 9.17) is 4.74 Å². The lowest BCUT2D eigenvalue weighted by Crippen LogP contribution is -2.50. The molecule has 0 aliphatic carbocycles. The standard InChI is InChI=1S/C21H33N5O3S/c1-17-15-26(16-18(2)29-17)30(27,28)14-11-24-21(22-3)23-10-6-12-25-13-9-19-7-4-5-8-20(19)25/h4-5,7-9,13,17-18H,6,10-12,14-16H2,1-3H3,(H2,22,23,24). The number of aliphatic imine (C=N–C) groups is 1. The molecule has 0 radical (unpaired) electrons. The van der Waals surface area contributed by atoms with E-state index in [0.29, 0.717) is 25.6 Å². The predicted octanol–water partition coefficient (Wildman–Crippen LogP) is 1.64. The van der Waals surface area contributed by atoms with Gasteiger partial charge in [-0.1, -0.05) is 18.2 Å². The maximum atomic E-state index is 12.6. The van der Waals surface area contributed by atoms with Gasteiger partial charge in [-0.25, -0.2) is 8.42 Å². The van der Waals surface area contributed by atoms with Crippen molar-refractivity contribution in [2.24, 2.45) is 4.99 Å². The number of rotatable bonds is 8. The number of benzene rings is 1. The van der Waals surface area contributed by atoms with Crippen molar-refractivity contribution in [3.63, 3.8) is 0 Å². The Morgan fingerprint density at radius 1 is 1.13 bits per heavy atom. The summed E-state index contributed by atoms with van der Waals surface area (Å²) in [5.74, 6) is 0.647. The Morgan fingerprint density at radius 2 is 1.83 bits per heavy atom. The Kier molecular flexibility index (Phi) is 7.74. The molecule has 3 rings (SSSR count). The number of nitrogens with one attached hydrogen (secondary N) is 2. The molecular weight excluding hydrogens is 402 g/mol. The number of fused-ring (bicyclic) bond motifs is 1. The number of para-hydroxylation sites is 1. The molecule has 9 heteroatoms. The van der Waals surface area contributed by atoms with Crippen LogP contribution < -0.4 is 10.6 Å². The Labute approximate surface area is 179 Å². The Hall–Kier alpha value is -2.10. The summed E-state index contributed by atoms with van der Waals surface area (Å²) in [6.45, 7) is 6.58. The van der Waals surface area contributed by atoms with Gasteiger partial charge in [0.1, 0.15) is 0 Å². The van der Waals surface area contributed by atoms with Crippen LogP contribution >= 0.6 is 0 Å². The van der Waals surface area contributed by atoms with Crippen LogP contribution in [0.15, 0.2) is 41.5 Å². The van der Waals surface area contributed by atoms with E-state index in [-0.39, 0.29) is 18.0 Å². The lowest BCUT2D eigenvalue weighted by molar-refractivity contribution is -0.0440. The fraction of sp³-hybridized carbons (Fsp3) is 0.571. The second-order valence-corrected chi connectivity index (χ2v) is 9.83. The first-order valence-corrected chi connectivity index (χ1v) is 12.1. The number of ether oxygens (including phenoxy) is 1. The number of nitrogens with zero attached hydrogens (tertiary/aromatic N) is 3. The molecule has 30 heavy (non-hydrogen) atoms. The summed E-state index contributed by atoms with van der Waals surface area (Å²) < 4.78 is 34.6. The Morgan fingerprint density at radius 3 is 2.57 bits per heavy atom. The molecule has 2 aromatic rings. The van der Waals surface area contributed by atoms with Crippen molar-refractivity contribution >= 4 is 26.9 Å². The number of hydrogen-bond donors (Lipinski definition) is 2. The van der Waals surface area contributed by atoms with Crippen LogP contribution in [0.3, 0.4) is 0 Å². The van der Waals surface area contributed by atoms with Gasteiger partial charge in [0.25, 0.3) is 0 Å². The van der Waals surface area contributed by atoms with E-state index in [2.05, 4.69) is 50.7 Å². The normalized spacial score (nSPS) is 21.1. The second-order valence-electron chi connectivity index (χ2n) is 7.74. The van der Waals surface area contributed by atoms with Crippen LogP contribution in [0.5, 0.6) is 0 Å². The first kappa shape index (κ1) is 22.6. The van der Waals surface area contributed by atoms with Gasteiger partial charge in [0.15, 0.2) is 5.96 Å². The SMILES string of the molecule is CN=C(NCCCn1ccc2ccccc21)NCCS(=O)(=O)N1CC(C)OC(C)C1. The predicted molar refractivity (Wildman–Crippen MR) is 121 cm³/mol. The number of hydrogen-bond acceptors (Lipinski definition) is 4. The van der Waals surface area contributed by atoms with Crippen molar-refractivity contribution in [1.29, 1.82) is 0 Å². The summed E-state index contributed by atoms with van der Waals surface area (Å²) in [6.07, 6.45) is 2.88. The summed E-state index contributed by atoms with van der Waals surface area (Å²) in [7, 11) is -1.63. The first-order chi connectivity index (χ1) is 14.4. The minimum Gasteiger partial charge on any atom is -0.373 e. The zero-order valence-corrected chi connectivity index (χ0v) is 18.9. The van der Waals surface area contributed by atoms with Gasteiger partial charge in [0, 0.05) is 51.5 Å². The van der Waals surface area contributed by atoms with Crippen molar-refractivity contribution in [3.05, 3.63) is 36.5 Å². The molecule has 2 heterocycles. The third-order valence-electron chi connectivity index (χ3n) is 5.20. The number of aryl methyl sites for hydroxylation is 1. The smallest absolute Gasteiger partial charge is 0.216 e. The van der Waals surface area contributed by atoms with Gasteiger partial charge in [-0.15, -0.1) is 0 Å². The molecule has 2 unspecified atom stereocenters. The maximum absolute atomic E-state index is 12.6. The maximum Gasteiger partial charge on any atom is 0.216 e. The van der Waals surface area contributed by atoms with Crippen molar-refractivity contribution in [2.75, 3.05) is 39.0 Å². The number of morpholine rings is 1. The van der Waals surface area contributed by atoms with E-state index in [1.807, 2.05) is 19.9 Å². The number of aromatic nitrogens is 1. The summed E-state index contributed by atoms with van der Waals surface area (Å²) in [5, 5.41) is 7.61. The minimum atomic E-state index is -3.32. The lowest BCUT2D eigenvalue weighted by atomic mass is 10.2. The summed E-state index contributed by atoms with van der Waals surface area (Å²) >= 11 is 0. The molecule has 1 saturated heterocycles. The molecule has 0 saturated carbocycles. The second kappa shape index (κ2) is 10.3. The van der Waals surface area contributed by atoms with Crippen molar-refractivity contribution < 1.29 is 13.2 Å². The fourth-order valence-electron chi connectivity index (χ4n) is 3.80. The van der Waals surface area contributed by atoms with E-state index < -0.39 is 10.0 Å². The molecular formula is C21H33N5O3S. The molecule has 0 bridgehead atoms. The zero-order valence-electron chi connectivity index (χ0n) is 18.0. The summed E-state index contributed by atoms with van der Waals surface area (Å²) in [5.41, 5.74) is 1.23.